The molecule has 2 aromatic carbocycles. The van der Waals surface area contributed by atoms with Gasteiger partial charge in [0.15, 0.2) is 0 Å². The lowest BCUT2D eigenvalue weighted by Gasteiger charge is -2.27. The maximum absolute atomic E-state index is 9.97. The summed E-state index contributed by atoms with van der Waals surface area (Å²) in [6.45, 7) is 2.55. The number of para-hydroxylation sites is 1. The second-order valence-corrected chi connectivity index (χ2v) is 7.46. The highest BCUT2D eigenvalue weighted by Gasteiger charge is 2.16. The summed E-state index contributed by atoms with van der Waals surface area (Å²) in [6.07, 6.45) is 1.40. The summed E-state index contributed by atoms with van der Waals surface area (Å²) in [7, 11) is 0. The predicted octanol–water partition coefficient (Wildman–Crippen LogP) is 3.07. The molecule has 0 spiro atoms. The van der Waals surface area contributed by atoms with Gasteiger partial charge in [-0.1, -0.05) is 18.2 Å². The van der Waals surface area contributed by atoms with E-state index < -0.39 is 0 Å². The van der Waals surface area contributed by atoms with Crippen molar-refractivity contribution in [3.63, 3.8) is 0 Å². The number of benzene rings is 2. The minimum absolute atomic E-state index is 0.0631. The summed E-state index contributed by atoms with van der Waals surface area (Å²) in [4.78, 5) is 15.4. The molecule has 3 aromatic rings. The Balaban J connectivity index is 1.58. The average Bonchev–Trinajstić information content (AvgIpc) is 2.78. The molecule has 4 N–H and O–H groups in total. The molecule has 0 bridgehead atoms. The Morgan fingerprint density at radius 3 is 2.52 bits per heavy atom. The summed E-state index contributed by atoms with van der Waals surface area (Å²) in [5.41, 5.74) is 4.03. The van der Waals surface area contributed by atoms with Gasteiger partial charge in [-0.15, -0.1) is 0 Å². The Morgan fingerprint density at radius 2 is 1.74 bits per heavy atom. The van der Waals surface area contributed by atoms with E-state index in [1.807, 2.05) is 35.2 Å². The smallest absolute Gasteiger partial charge is 0.250 e. The highest BCUT2D eigenvalue weighted by molar-refractivity contribution is 9.10. The second kappa shape index (κ2) is 9.58. The summed E-state index contributed by atoms with van der Waals surface area (Å²) in [5.74, 6) is 0.943. The number of rotatable bonds is 6. The first-order chi connectivity index (χ1) is 15.1. The van der Waals surface area contributed by atoms with E-state index in [0.717, 1.165) is 5.69 Å². The van der Waals surface area contributed by atoms with Crippen LogP contribution in [0, 0.1) is 0 Å². The van der Waals surface area contributed by atoms with Gasteiger partial charge in [0.1, 0.15) is 11.5 Å². The number of anilines is 4. The molecule has 0 saturated carbocycles. The van der Waals surface area contributed by atoms with Crippen molar-refractivity contribution < 1.29 is 14.9 Å². The van der Waals surface area contributed by atoms with Crippen LogP contribution in [0.3, 0.4) is 0 Å². The maximum Gasteiger partial charge on any atom is 0.250 e. The van der Waals surface area contributed by atoms with Crippen LogP contribution in [0.4, 0.5) is 23.5 Å². The molecule has 0 amide bonds. The van der Waals surface area contributed by atoms with E-state index in [-0.39, 0.29) is 17.4 Å². The van der Waals surface area contributed by atoms with Crippen LogP contribution in [0.1, 0.15) is 5.56 Å². The van der Waals surface area contributed by atoms with E-state index in [1.54, 1.807) is 6.07 Å². The number of aromatic nitrogens is 3. The fourth-order valence-electron chi connectivity index (χ4n) is 2.86. The van der Waals surface area contributed by atoms with E-state index in [1.165, 1.54) is 12.3 Å². The van der Waals surface area contributed by atoms with Crippen molar-refractivity contribution in [2.45, 2.75) is 0 Å². The first kappa shape index (κ1) is 20.8. The molecule has 1 fully saturated rings. The minimum Gasteiger partial charge on any atom is -0.507 e. The first-order valence-corrected chi connectivity index (χ1v) is 10.3. The van der Waals surface area contributed by atoms with E-state index in [0.29, 0.717) is 48.2 Å². The number of nitrogens with one attached hydrogen (secondary N) is 2. The lowest BCUT2D eigenvalue weighted by atomic mass is 10.2. The molecule has 0 atom stereocenters. The zero-order valence-electron chi connectivity index (χ0n) is 16.4. The molecule has 10 nitrogen and oxygen atoms in total. The lowest BCUT2D eigenvalue weighted by Crippen LogP contribution is -2.37. The Morgan fingerprint density at radius 1 is 1.00 bits per heavy atom. The number of phenols is 2. The Hall–Kier alpha value is -3.44. The molecule has 160 valence electrons. The topological polar surface area (TPSA) is 128 Å². The molecule has 11 heteroatoms. The van der Waals surface area contributed by atoms with Crippen LogP contribution < -0.4 is 15.6 Å². The van der Waals surface area contributed by atoms with Gasteiger partial charge in [0.05, 0.1) is 23.9 Å². The third-order valence-corrected chi connectivity index (χ3v) is 5.05. The normalized spacial score (nSPS) is 14.0. The molecule has 0 radical (unpaired) electrons. The SMILES string of the molecule is Oc1cc(O)c(/C=N\Nc2nc(Nc3ccccc3)nc(N3CCOCC3)n2)cc1Br. The van der Waals surface area contributed by atoms with Crippen molar-refractivity contribution in [2.75, 3.05) is 41.9 Å². The van der Waals surface area contributed by atoms with Crippen LogP contribution >= 0.6 is 15.9 Å². The molecule has 31 heavy (non-hydrogen) atoms. The Kier molecular flexibility index (Phi) is 6.43. The van der Waals surface area contributed by atoms with Gasteiger partial charge in [0.2, 0.25) is 17.8 Å². The van der Waals surface area contributed by atoms with Gasteiger partial charge in [-0.25, -0.2) is 5.43 Å². The number of morpholine rings is 1. The molecule has 1 aromatic heterocycles. The van der Waals surface area contributed by atoms with Gasteiger partial charge in [-0.05, 0) is 34.1 Å². The van der Waals surface area contributed by atoms with Crippen molar-refractivity contribution in [1.29, 1.82) is 0 Å². The van der Waals surface area contributed by atoms with E-state index in [9.17, 15) is 10.2 Å². The van der Waals surface area contributed by atoms with Crippen molar-refractivity contribution in [1.82, 2.24) is 15.0 Å². The Bertz CT molecular complexity index is 1080. The standard InChI is InChI=1S/C20H20BrN7O3/c21-15-10-13(16(29)11-17(15)30)12-22-27-19-24-18(23-14-4-2-1-3-5-14)25-20(26-19)28-6-8-31-9-7-28/h1-5,10-12,29-30H,6-9H2,(H2,23,24,25,26,27)/b22-12-. The number of phenolic OH excluding ortho intramolecular Hbond substituents is 2. The molecule has 1 aliphatic rings. The average molecular weight is 486 g/mol. The molecular formula is C20H20BrN7O3. The van der Waals surface area contributed by atoms with Crippen LogP contribution in [-0.4, -0.2) is 57.7 Å². The van der Waals surface area contributed by atoms with Crippen LogP contribution in [0.2, 0.25) is 0 Å². The van der Waals surface area contributed by atoms with Crippen molar-refractivity contribution in [3.8, 4) is 11.5 Å². The van der Waals surface area contributed by atoms with Gasteiger partial charge in [0, 0.05) is 30.4 Å². The molecular weight excluding hydrogens is 466 g/mol. The predicted molar refractivity (Wildman–Crippen MR) is 121 cm³/mol. The van der Waals surface area contributed by atoms with Gasteiger partial charge >= 0.3 is 0 Å². The molecule has 1 saturated heterocycles. The number of halogens is 1. The first-order valence-electron chi connectivity index (χ1n) is 9.50. The summed E-state index contributed by atoms with van der Waals surface area (Å²) in [6, 6.07) is 12.4. The molecule has 4 rings (SSSR count). The molecule has 0 aliphatic carbocycles. The summed E-state index contributed by atoms with van der Waals surface area (Å²) < 4.78 is 5.85. The number of hydrogen-bond acceptors (Lipinski definition) is 10. The highest BCUT2D eigenvalue weighted by Crippen LogP contribution is 2.30. The van der Waals surface area contributed by atoms with Crippen molar-refractivity contribution in [3.05, 3.63) is 52.5 Å². The van der Waals surface area contributed by atoms with Gasteiger partial charge in [-0.3, -0.25) is 0 Å². The van der Waals surface area contributed by atoms with Crippen LogP contribution in [-0.2, 0) is 4.74 Å². The molecule has 0 unspecified atom stereocenters. The Labute approximate surface area is 186 Å². The van der Waals surface area contributed by atoms with Crippen molar-refractivity contribution >= 4 is 45.7 Å². The number of ether oxygens (including phenoxy) is 1. The fraction of sp³-hybridized carbons (Fsp3) is 0.200. The fourth-order valence-corrected chi connectivity index (χ4v) is 3.22. The monoisotopic (exact) mass is 485 g/mol. The molecule has 2 heterocycles. The zero-order chi connectivity index (χ0) is 21.6. The van der Waals surface area contributed by atoms with E-state index >= 15 is 0 Å². The maximum atomic E-state index is 9.97. The third-order valence-electron chi connectivity index (χ3n) is 4.41. The quantitative estimate of drug-likeness (QED) is 0.307. The van der Waals surface area contributed by atoms with Crippen LogP contribution in [0.15, 0.2) is 52.0 Å². The third kappa shape index (κ3) is 5.38. The number of nitrogens with zero attached hydrogens (tertiary/aromatic N) is 5. The highest BCUT2D eigenvalue weighted by atomic mass is 79.9. The number of aromatic hydroxyl groups is 2. The van der Waals surface area contributed by atoms with E-state index in [2.05, 4.69) is 46.7 Å². The lowest BCUT2D eigenvalue weighted by molar-refractivity contribution is 0.122. The van der Waals surface area contributed by atoms with Gasteiger partial charge < -0.3 is 25.2 Å². The van der Waals surface area contributed by atoms with Crippen LogP contribution in [0.25, 0.3) is 0 Å². The van der Waals surface area contributed by atoms with Crippen LogP contribution in [0.5, 0.6) is 11.5 Å². The number of hydrogen-bond donors (Lipinski definition) is 4. The van der Waals surface area contributed by atoms with Crippen molar-refractivity contribution in [2.24, 2.45) is 5.10 Å². The van der Waals surface area contributed by atoms with E-state index in [4.69, 9.17) is 4.74 Å². The minimum atomic E-state index is -0.109. The summed E-state index contributed by atoms with van der Waals surface area (Å²) in [5, 5.41) is 26.9. The van der Waals surface area contributed by atoms with Gasteiger partial charge in [-0.2, -0.15) is 20.1 Å². The second-order valence-electron chi connectivity index (χ2n) is 6.61. The largest absolute Gasteiger partial charge is 0.507 e. The van der Waals surface area contributed by atoms with Gasteiger partial charge in [0.25, 0.3) is 0 Å². The summed E-state index contributed by atoms with van der Waals surface area (Å²) >= 11 is 3.21. The zero-order valence-corrected chi connectivity index (χ0v) is 17.9. The number of hydrazone groups is 1. The molecule has 1 aliphatic heterocycles.